The molecular weight excluding hydrogens is 533 g/mol. The number of benzene rings is 1. The first-order valence-electron chi connectivity index (χ1n) is 8.31. The maximum atomic E-state index is 5.38. The molecule has 0 aliphatic heterocycles. The van der Waals surface area contributed by atoms with E-state index < -0.39 is 0 Å². The van der Waals surface area contributed by atoms with Crippen molar-refractivity contribution >= 4 is 15.9 Å². The number of hydrogen-bond acceptors (Lipinski definition) is 1. The Bertz CT molecular complexity index is 647. The summed E-state index contributed by atoms with van der Waals surface area (Å²) in [4.78, 5) is 0. The first-order valence-corrected chi connectivity index (χ1v) is 10.2. The van der Waals surface area contributed by atoms with Crippen LogP contribution in [0, 0.1) is 15.6 Å². The van der Waals surface area contributed by atoms with E-state index in [0.717, 1.165) is 16.3 Å². The molecule has 128 valence electrons. The van der Waals surface area contributed by atoms with Crippen LogP contribution in [0.25, 0.3) is 0 Å². The normalized spacial score (nSPS) is 16.9. The average molecular weight is 557 g/mol. The van der Waals surface area contributed by atoms with Crippen molar-refractivity contribution in [1.29, 1.82) is 0 Å². The molecule has 1 aromatic heterocycles. The Labute approximate surface area is 157 Å². The van der Waals surface area contributed by atoms with Crippen molar-refractivity contribution in [2.45, 2.75) is 45.3 Å². The van der Waals surface area contributed by atoms with Crippen LogP contribution in [0.5, 0.6) is 0 Å². The summed E-state index contributed by atoms with van der Waals surface area (Å²) in [6.45, 7) is 3.11. The molecule has 2 N–H and O–H groups in total. The van der Waals surface area contributed by atoms with Gasteiger partial charge in [0, 0.05) is 11.0 Å². The average Bonchev–Trinajstić information content (AvgIpc) is 3.46. The van der Waals surface area contributed by atoms with Gasteiger partial charge in [-0.3, -0.25) is 0 Å². The molecule has 0 amide bonds. The van der Waals surface area contributed by atoms with Crippen LogP contribution in [0.1, 0.15) is 31.2 Å². The minimum absolute atomic E-state index is 0.618. The molecule has 5 heteroatoms. The third-order valence-corrected chi connectivity index (χ3v) is 6.15. The van der Waals surface area contributed by atoms with Crippen LogP contribution < -0.4 is 5.73 Å². The first kappa shape index (κ1) is 17.4. The summed E-state index contributed by atoms with van der Waals surface area (Å²) >= 11 is 5.80. The van der Waals surface area contributed by atoms with Crippen LogP contribution in [-0.4, -0.2) is 9.13 Å². The molecule has 1 aromatic carbocycles. The molecule has 1 heterocycles. The molecule has 3 nitrogen and oxygen atoms in total. The van der Waals surface area contributed by atoms with Gasteiger partial charge in [-0.2, -0.15) is 0 Å². The number of halogens is 1. The Morgan fingerprint density at radius 3 is 1.83 bits per heavy atom. The Morgan fingerprint density at radius 1 is 0.957 bits per heavy atom. The van der Waals surface area contributed by atoms with E-state index in [4.69, 9.17) is 5.73 Å². The fourth-order valence-corrected chi connectivity index (χ4v) is 3.50. The molecule has 2 saturated carbocycles. The van der Waals surface area contributed by atoms with Gasteiger partial charge in [0.25, 0.3) is 0 Å². The second-order valence-corrected chi connectivity index (χ2v) is 8.49. The third kappa shape index (κ3) is 5.55. The van der Waals surface area contributed by atoms with E-state index in [0.29, 0.717) is 6.54 Å². The number of hydrogen-bond donors (Lipinski definition) is 1. The molecule has 0 bridgehead atoms. The van der Waals surface area contributed by atoms with Gasteiger partial charge in [-0.15, -0.1) is 0 Å². The van der Waals surface area contributed by atoms with E-state index in [1.165, 1.54) is 48.1 Å². The van der Waals surface area contributed by atoms with Crippen LogP contribution in [0.15, 0.2) is 41.1 Å². The van der Waals surface area contributed by atoms with Crippen LogP contribution in [-0.2, 0) is 39.0 Å². The monoisotopic (exact) mass is 556 g/mol. The standard InChI is InChI=1S/C11H16N2.C7H8BrN.Pt/c1-2-10(1)7-12-5-6-13(9-12)8-11-3-4-11;8-7-3-1-6(5-9)2-4-7;/h5-6,10-11H,1-4,7-8H2;1-4H,5,9H2;. The number of imidazole rings is 1. The van der Waals surface area contributed by atoms with Crippen molar-refractivity contribution in [3.63, 3.8) is 0 Å². The molecule has 0 saturated heterocycles. The van der Waals surface area contributed by atoms with Gasteiger partial charge in [0.05, 0.1) is 0 Å². The van der Waals surface area contributed by atoms with Crippen molar-refractivity contribution in [3.8, 4) is 0 Å². The summed E-state index contributed by atoms with van der Waals surface area (Å²) in [5.74, 6) is 1.95. The number of nitrogens with two attached hydrogens (primary N) is 1. The minimum atomic E-state index is 0.618. The van der Waals surface area contributed by atoms with Gasteiger partial charge in [0.2, 0.25) is 0 Å². The molecule has 4 rings (SSSR count). The molecule has 2 aliphatic rings. The number of nitrogens with zero attached hydrogens (tertiary/aromatic N) is 2. The van der Waals surface area contributed by atoms with Gasteiger partial charge in [-0.1, -0.05) is 28.1 Å². The molecule has 0 unspecified atom stereocenters. The summed E-state index contributed by atoms with van der Waals surface area (Å²) in [5, 5.41) is 0. The summed E-state index contributed by atoms with van der Waals surface area (Å²) in [6, 6.07) is 7.98. The second kappa shape index (κ2) is 8.09. The summed E-state index contributed by atoms with van der Waals surface area (Å²) in [5.41, 5.74) is 6.55. The second-order valence-electron chi connectivity index (χ2n) is 6.56. The van der Waals surface area contributed by atoms with Gasteiger partial charge in [-0.05, 0) is 17.7 Å². The molecule has 2 aliphatic carbocycles. The molecule has 2 fully saturated rings. The SMILES string of the molecule is NCc1ccc(Br)cc1.[Pt]=[c]1n(CC2CC2)ccn1CC1CC1. The van der Waals surface area contributed by atoms with Gasteiger partial charge in [0.15, 0.2) is 0 Å². The summed E-state index contributed by atoms with van der Waals surface area (Å²) < 4.78 is 7.35. The Hall–Kier alpha value is -0.442. The van der Waals surface area contributed by atoms with E-state index in [1.54, 1.807) is 0 Å². The topological polar surface area (TPSA) is 35.9 Å². The van der Waals surface area contributed by atoms with Gasteiger partial charge < -0.3 is 5.73 Å². The zero-order valence-electron chi connectivity index (χ0n) is 13.2. The summed E-state index contributed by atoms with van der Waals surface area (Å²) in [6.07, 6.45) is 10.3. The van der Waals surface area contributed by atoms with Crippen molar-refractivity contribution < 1.29 is 19.4 Å². The van der Waals surface area contributed by atoms with Gasteiger partial charge >= 0.3 is 95.3 Å². The molecule has 23 heavy (non-hydrogen) atoms. The first-order chi connectivity index (χ1) is 11.2. The molecule has 0 radical (unpaired) electrons. The third-order valence-electron chi connectivity index (χ3n) is 4.32. The van der Waals surface area contributed by atoms with Crippen LogP contribution in [0.4, 0.5) is 0 Å². The van der Waals surface area contributed by atoms with E-state index in [-0.39, 0.29) is 0 Å². The maximum absolute atomic E-state index is 5.38. The molecular formula is C18H24BrN3Pt. The molecule has 0 spiro atoms. The Morgan fingerprint density at radius 2 is 1.43 bits per heavy atom. The van der Waals surface area contributed by atoms with Crippen LogP contribution in [0.2, 0.25) is 0 Å². The zero-order valence-corrected chi connectivity index (χ0v) is 17.1. The van der Waals surface area contributed by atoms with Crippen molar-refractivity contribution in [2.75, 3.05) is 0 Å². The fourth-order valence-electron chi connectivity index (χ4n) is 2.48. The van der Waals surface area contributed by atoms with E-state index in [1.807, 2.05) is 24.3 Å². The zero-order chi connectivity index (χ0) is 16.2. The van der Waals surface area contributed by atoms with Gasteiger partial charge in [-0.25, -0.2) is 0 Å². The fraction of sp³-hybridized carbons (Fsp3) is 0.500. The predicted molar refractivity (Wildman–Crippen MR) is 93.1 cm³/mol. The van der Waals surface area contributed by atoms with Crippen LogP contribution >= 0.6 is 15.9 Å². The number of aromatic nitrogens is 2. The van der Waals surface area contributed by atoms with Crippen LogP contribution in [0.3, 0.4) is 0 Å². The van der Waals surface area contributed by atoms with Crippen molar-refractivity contribution in [2.24, 2.45) is 17.6 Å². The van der Waals surface area contributed by atoms with Gasteiger partial charge in [0.1, 0.15) is 0 Å². The number of rotatable bonds is 5. The van der Waals surface area contributed by atoms with Crippen molar-refractivity contribution in [1.82, 2.24) is 9.13 Å². The van der Waals surface area contributed by atoms with Crippen molar-refractivity contribution in [3.05, 3.63) is 50.5 Å². The molecule has 0 atom stereocenters. The predicted octanol–water partition coefficient (Wildman–Crippen LogP) is 4.10. The Kier molecular flexibility index (Phi) is 6.12. The summed E-state index contributed by atoms with van der Waals surface area (Å²) in [7, 11) is 0. The van der Waals surface area contributed by atoms with E-state index >= 15 is 0 Å². The van der Waals surface area contributed by atoms with E-state index in [2.05, 4.69) is 56.8 Å². The quantitative estimate of drug-likeness (QED) is 0.591. The van der Waals surface area contributed by atoms with E-state index in [9.17, 15) is 0 Å². The molecule has 2 aromatic rings. The Balaban J connectivity index is 0.000000151.